The standard InChI is InChI=1S/C17H17N9O5S3/c1-25-12(21-23-24-25)8(32)3-6-4-33-15-10(14(28)26(15)11(6)16(29)30)20-13(27)9(22-31-2)7-5-34-17(18)19-7/h3,5,10,15,32H,4H2,1-2H3,(H2,18,19)(H,20,27)(H,29,30). The number of tetrazole rings is 1. The molecule has 0 aromatic carbocycles. The Morgan fingerprint density at radius 2 is 2.24 bits per heavy atom. The van der Waals surface area contributed by atoms with Gasteiger partial charge in [0.2, 0.25) is 0 Å². The van der Waals surface area contributed by atoms with Crippen LogP contribution in [0.4, 0.5) is 5.13 Å². The fourth-order valence-electron chi connectivity index (χ4n) is 3.33. The molecule has 0 bridgehead atoms. The molecule has 14 nitrogen and oxygen atoms in total. The summed E-state index contributed by atoms with van der Waals surface area (Å²) >= 11 is 6.78. The maximum absolute atomic E-state index is 12.9. The summed E-state index contributed by atoms with van der Waals surface area (Å²) in [7, 11) is 2.88. The minimum absolute atomic E-state index is 0.155. The van der Waals surface area contributed by atoms with Crippen molar-refractivity contribution in [1.29, 1.82) is 0 Å². The fraction of sp³-hybridized carbons (Fsp3) is 0.294. The third-order valence-corrected chi connectivity index (χ3v) is 7.11. The van der Waals surface area contributed by atoms with E-state index in [9.17, 15) is 19.5 Å². The average Bonchev–Trinajstić information content (AvgIpc) is 3.42. The number of thiazole rings is 1. The number of carbonyl (C=O) groups excluding carboxylic acids is 2. The fourth-order valence-corrected chi connectivity index (χ4v) is 5.53. The number of nitrogens with two attached hydrogens (primary N) is 1. The van der Waals surface area contributed by atoms with Crippen LogP contribution in [0.2, 0.25) is 0 Å². The molecule has 0 aliphatic carbocycles. The highest BCUT2D eigenvalue weighted by Crippen LogP contribution is 2.41. The number of amides is 2. The number of thiol groups is 1. The van der Waals surface area contributed by atoms with Gasteiger partial charge in [-0.15, -0.1) is 40.8 Å². The number of carboxylic acid groups (broad SMARTS) is 1. The van der Waals surface area contributed by atoms with E-state index < -0.39 is 29.2 Å². The number of oxime groups is 1. The molecule has 2 amide bonds. The number of thioether (sulfide) groups is 1. The van der Waals surface area contributed by atoms with E-state index in [0.29, 0.717) is 16.3 Å². The van der Waals surface area contributed by atoms with Gasteiger partial charge in [-0.25, -0.2) is 14.5 Å². The Bertz CT molecular complexity index is 1270. The van der Waals surface area contributed by atoms with E-state index in [1.54, 1.807) is 7.05 Å². The summed E-state index contributed by atoms with van der Waals surface area (Å²) in [5.74, 6) is -1.99. The molecule has 2 atom stereocenters. The molecule has 2 aliphatic rings. The first-order valence-corrected chi connectivity index (χ1v) is 11.8. The predicted octanol–water partition coefficient (Wildman–Crippen LogP) is -0.691. The number of hydrogen-bond acceptors (Lipinski definition) is 13. The van der Waals surface area contributed by atoms with Crippen LogP contribution < -0.4 is 11.1 Å². The molecule has 178 valence electrons. The highest BCUT2D eigenvalue weighted by molar-refractivity contribution is 8.00. The van der Waals surface area contributed by atoms with Crippen molar-refractivity contribution in [3.8, 4) is 0 Å². The lowest BCUT2D eigenvalue weighted by atomic mass is 10.0. The molecule has 2 aliphatic heterocycles. The molecule has 1 saturated heterocycles. The van der Waals surface area contributed by atoms with Gasteiger partial charge in [-0.3, -0.25) is 14.5 Å². The third-order valence-electron chi connectivity index (χ3n) is 4.81. The number of aromatic nitrogens is 5. The van der Waals surface area contributed by atoms with Gasteiger partial charge in [0, 0.05) is 18.2 Å². The molecule has 34 heavy (non-hydrogen) atoms. The van der Waals surface area contributed by atoms with Crippen molar-refractivity contribution >= 4 is 69.3 Å². The number of rotatable bonds is 7. The molecule has 0 spiro atoms. The van der Waals surface area contributed by atoms with Gasteiger partial charge in [-0.1, -0.05) is 5.16 Å². The van der Waals surface area contributed by atoms with E-state index in [1.807, 2.05) is 0 Å². The van der Waals surface area contributed by atoms with Gasteiger partial charge in [0.15, 0.2) is 16.7 Å². The lowest BCUT2D eigenvalue weighted by molar-refractivity contribution is -0.150. The topological polar surface area (TPSA) is 191 Å². The highest BCUT2D eigenvalue weighted by Gasteiger charge is 2.54. The first-order valence-electron chi connectivity index (χ1n) is 9.40. The number of aryl methyl sites for hydroxylation is 1. The number of fused-ring (bicyclic) bond motifs is 1. The molecule has 4 N–H and O–H groups in total. The van der Waals surface area contributed by atoms with Crippen LogP contribution in [0.5, 0.6) is 0 Å². The van der Waals surface area contributed by atoms with E-state index >= 15 is 0 Å². The van der Waals surface area contributed by atoms with Gasteiger partial charge in [-0.05, 0) is 22.1 Å². The largest absolute Gasteiger partial charge is 0.477 e. The first kappa shape index (κ1) is 23.7. The second-order valence-corrected chi connectivity index (χ2v) is 9.37. The number of carboxylic acids is 1. The van der Waals surface area contributed by atoms with Crippen molar-refractivity contribution in [3.63, 3.8) is 0 Å². The number of nitrogens with one attached hydrogen (secondary N) is 1. The second-order valence-electron chi connectivity index (χ2n) is 6.89. The zero-order valence-electron chi connectivity index (χ0n) is 17.6. The minimum Gasteiger partial charge on any atom is -0.477 e. The number of anilines is 1. The normalized spacial score (nSPS) is 20.7. The van der Waals surface area contributed by atoms with E-state index in [1.165, 1.54) is 35.0 Å². The molecular formula is C17H17N9O5S3. The Kier molecular flexibility index (Phi) is 6.58. The van der Waals surface area contributed by atoms with Crippen LogP contribution in [-0.2, 0) is 26.3 Å². The van der Waals surface area contributed by atoms with E-state index in [-0.39, 0.29) is 28.0 Å². The van der Waals surface area contributed by atoms with Crippen LogP contribution in [0.15, 0.2) is 27.9 Å². The van der Waals surface area contributed by atoms with Crippen molar-refractivity contribution in [1.82, 2.24) is 35.4 Å². The van der Waals surface area contributed by atoms with Crippen LogP contribution in [-0.4, -0.2) is 83.0 Å². The Morgan fingerprint density at radius 1 is 1.47 bits per heavy atom. The van der Waals surface area contributed by atoms with Crippen molar-refractivity contribution in [2.75, 3.05) is 18.6 Å². The highest BCUT2D eigenvalue weighted by atomic mass is 32.2. The summed E-state index contributed by atoms with van der Waals surface area (Å²) < 4.78 is 1.38. The lowest BCUT2D eigenvalue weighted by Gasteiger charge is -2.49. The van der Waals surface area contributed by atoms with Crippen LogP contribution >= 0.6 is 35.7 Å². The van der Waals surface area contributed by atoms with Crippen molar-refractivity contribution in [3.05, 3.63) is 34.2 Å². The van der Waals surface area contributed by atoms with Gasteiger partial charge < -0.3 is 21.0 Å². The molecule has 0 saturated carbocycles. The van der Waals surface area contributed by atoms with Crippen molar-refractivity contribution in [2.45, 2.75) is 11.4 Å². The molecule has 2 aromatic heterocycles. The summed E-state index contributed by atoms with van der Waals surface area (Å²) in [6.07, 6.45) is 1.51. The van der Waals surface area contributed by atoms with E-state index in [4.69, 9.17) is 10.6 Å². The monoisotopic (exact) mass is 523 g/mol. The maximum Gasteiger partial charge on any atom is 0.352 e. The third kappa shape index (κ3) is 4.24. The quantitative estimate of drug-likeness (QED) is 0.155. The summed E-state index contributed by atoms with van der Waals surface area (Å²) in [5.41, 5.74) is 5.83. The van der Waals surface area contributed by atoms with Gasteiger partial charge >= 0.3 is 5.97 Å². The Labute approximate surface area is 205 Å². The number of carbonyl (C=O) groups is 3. The predicted molar refractivity (Wildman–Crippen MR) is 126 cm³/mol. The zero-order chi connectivity index (χ0) is 24.6. The number of nitrogens with zero attached hydrogens (tertiary/aromatic N) is 7. The van der Waals surface area contributed by atoms with Gasteiger partial charge in [0.1, 0.15) is 29.9 Å². The zero-order valence-corrected chi connectivity index (χ0v) is 20.1. The van der Waals surface area contributed by atoms with Crippen molar-refractivity contribution in [2.24, 2.45) is 12.2 Å². The van der Waals surface area contributed by atoms with Crippen molar-refractivity contribution < 1.29 is 24.3 Å². The number of β-lactam (4-membered cyclic amide) rings is 1. The van der Waals surface area contributed by atoms with Gasteiger partial charge in [0.05, 0.1) is 4.91 Å². The van der Waals surface area contributed by atoms with Crippen LogP contribution in [0.25, 0.3) is 4.91 Å². The molecule has 4 rings (SSSR count). The Hall–Kier alpha value is -3.44. The summed E-state index contributed by atoms with van der Waals surface area (Å²) in [4.78, 5) is 48.0. The van der Waals surface area contributed by atoms with Crippen LogP contribution in [0.1, 0.15) is 11.5 Å². The summed E-state index contributed by atoms with van der Waals surface area (Å²) in [5, 5.41) is 28.3. The Balaban J connectivity index is 1.57. The number of allylic oxidation sites excluding steroid dienone is 1. The summed E-state index contributed by atoms with van der Waals surface area (Å²) in [6.45, 7) is 0. The summed E-state index contributed by atoms with van der Waals surface area (Å²) in [6, 6.07) is -0.964. The smallest absolute Gasteiger partial charge is 0.352 e. The molecule has 17 heteroatoms. The minimum atomic E-state index is -1.29. The maximum atomic E-state index is 12.9. The second kappa shape index (κ2) is 9.43. The average molecular weight is 524 g/mol. The molecule has 2 aromatic rings. The first-order chi connectivity index (χ1) is 16.2. The number of aliphatic carboxylic acids is 1. The van der Waals surface area contributed by atoms with Crippen LogP contribution in [0, 0.1) is 0 Å². The van der Waals surface area contributed by atoms with Gasteiger partial charge in [-0.2, -0.15) is 0 Å². The molecule has 4 heterocycles. The lowest BCUT2D eigenvalue weighted by Crippen LogP contribution is -2.71. The van der Waals surface area contributed by atoms with E-state index in [2.05, 4.69) is 43.6 Å². The SMILES string of the molecule is CON=C(C(=O)NC1C(=O)N2C(C(=O)O)=C(C=C(S)c3nnnn3C)CSC12)c1csc(N)n1. The number of nitrogen functional groups attached to an aromatic ring is 1. The van der Waals surface area contributed by atoms with Crippen LogP contribution in [0.3, 0.4) is 0 Å². The molecule has 0 radical (unpaired) electrons. The number of hydrogen-bond donors (Lipinski definition) is 4. The van der Waals surface area contributed by atoms with Gasteiger partial charge in [0.25, 0.3) is 11.8 Å². The molecule has 2 unspecified atom stereocenters. The molecule has 1 fully saturated rings. The molecular weight excluding hydrogens is 506 g/mol. The Morgan fingerprint density at radius 3 is 2.82 bits per heavy atom. The van der Waals surface area contributed by atoms with E-state index in [0.717, 1.165) is 16.2 Å².